The number of aromatic nitrogens is 2. The second-order valence-corrected chi connectivity index (χ2v) is 7.32. The molecule has 0 aliphatic rings. The van der Waals surface area contributed by atoms with Crippen molar-refractivity contribution in [2.75, 3.05) is 5.32 Å². The third-order valence-corrected chi connectivity index (χ3v) is 4.92. The summed E-state index contributed by atoms with van der Waals surface area (Å²) in [5.41, 5.74) is 3.80. The van der Waals surface area contributed by atoms with Gasteiger partial charge in [-0.1, -0.05) is 44.2 Å². The molecule has 3 rings (SSSR count). The Morgan fingerprint density at radius 2 is 1.92 bits per heavy atom. The van der Waals surface area contributed by atoms with Crippen LogP contribution in [-0.4, -0.2) is 15.7 Å². The maximum Gasteiger partial charge on any atom is 0.255 e. The normalized spacial score (nSPS) is 12.0. The Hall–Kier alpha value is -2.40. The summed E-state index contributed by atoms with van der Waals surface area (Å²) in [5.74, 6) is 0.316. The molecule has 3 aromatic rings. The molecule has 0 spiro atoms. The van der Waals surface area contributed by atoms with Gasteiger partial charge in [0.05, 0.1) is 17.2 Å². The monoisotopic (exact) mass is 411 g/mol. The zero-order valence-corrected chi connectivity index (χ0v) is 16.5. The molecule has 1 amide bonds. The minimum absolute atomic E-state index is 0.0888. The van der Waals surface area contributed by atoms with Gasteiger partial charge in [0.2, 0.25) is 0 Å². The van der Waals surface area contributed by atoms with Gasteiger partial charge in [-0.25, -0.2) is 0 Å². The fraction of sp³-hybridized carbons (Fsp3) is 0.238. The molecule has 1 unspecified atom stereocenters. The summed E-state index contributed by atoms with van der Waals surface area (Å²) in [6.45, 7) is 5.00. The molecular formula is C21H22BrN3O. The second kappa shape index (κ2) is 8.32. The van der Waals surface area contributed by atoms with Crippen molar-refractivity contribution in [1.29, 1.82) is 0 Å². The van der Waals surface area contributed by atoms with Crippen molar-refractivity contribution in [2.45, 2.75) is 32.7 Å². The van der Waals surface area contributed by atoms with Crippen LogP contribution >= 0.6 is 15.9 Å². The number of hydrogen-bond donors (Lipinski definition) is 1. The smallest absolute Gasteiger partial charge is 0.255 e. The highest BCUT2D eigenvalue weighted by Crippen LogP contribution is 2.26. The molecule has 0 radical (unpaired) electrons. The molecule has 0 aliphatic heterocycles. The van der Waals surface area contributed by atoms with Crippen LogP contribution in [0.5, 0.6) is 0 Å². The number of nitrogens with zero attached hydrogens (tertiary/aromatic N) is 2. The largest absolute Gasteiger partial charge is 0.322 e. The quantitative estimate of drug-likeness (QED) is 0.585. The third kappa shape index (κ3) is 4.41. The lowest BCUT2D eigenvalue weighted by atomic mass is 9.96. The number of hydrogen-bond acceptors (Lipinski definition) is 2. The van der Waals surface area contributed by atoms with Gasteiger partial charge in [0.15, 0.2) is 0 Å². The van der Waals surface area contributed by atoms with E-state index in [1.54, 1.807) is 6.20 Å². The number of para-hydroxylation sites is 1. The lowest BCUT2D eigenvalue weighted by Crippen LogP contribution is -2.14. The molecule has 2 aromatic carbocycles. The maximum atomic E-state index is 12.6. The van der Waals surface area contributed by atoms with Gasteiger partial charge in [0.25, 0.3) is 5.91 Å². The van der Waals surface area contributed by atoms with Crippen LogP contribution < -0.4 is 5.32 Å². The number of anilines is 1. The number of carbonyl (C=O) groups is 1. The van der Waals surface area contributed by atoms with E-state index in [2.05, 4.69) is 46.3 Å². The topological polar surface area (TPSA) is 46.9 Å². The van der Waals surface area contributed by atoms with Gasteiger partial charge in [0.1, 0.15) is 0 Å². The molecule has 0 saturated carbocycles. The molecule has 1 atom stereocenters. The van der Waals surface area contributed by atoms with E-state index in [0.29, 0.717) is 18.0 Å². The fourth-order valence-corrected chi connectivity index (χ4v) is 3.16. The first-order valence-electron chi connectivity index (χ1n) is 8.74. The highest BCUT2D eigenvalue weighted by Gasteiger charge is 2.12. The van der Waals surface area contributed by atoms with Gasteiger partial charge >= 0.3 is 0 Å². The first-order chi connectivity index (χ1) is 12.6. The Bertz CT molecular complexity index is 886. The number of carbonyl (C=O) groups excluding carboxylic acids is 1. The molecule has 1 N–H and O–H groups in total. The molecule has 1 aromatic heterocycles. The van der Waals surface area contributed by atoms with Crippen molar-refractivity contribution in [3.63, 3.8) is 0 Å². The van der Waals surface area contributed by atoms with E-state index in [0.717, 1.165) is 22.1 Å². The predicted octanol–water partition coefficient (Wildman–Crippen LogP) is 5.46. The number of nitrogens with one attached hydrogen (secondary N) is 1. The van der Waals surface area contributed by atoms with Crippen molar-refractivity contribution < 1.29 is 4.79 Å². The Morgan fingerprint density at radius 1 is 1.19 bits per heavy atom. The first-order valence-corrected chi connectivity index (χ1v) is 9.53. The van der Waals surface area contributed by atoms with Crippen molar-refractivity contribution in [2.24, 2.45) is 0 Å². The summed E-state index contributed by atoms with van der Waals surface area (Å²) in [5, 5.41) is 7.30. The summed E-state index contributed by atoms with van der Waals surface area (Å²) >= 11 is 3.39. The Kier molecular flexibility index (Phi) is 5.89. The molecule has 0 fully saturated rings. The van der Waals surface area contributed by atoms with Crippen LogP contribution in [0.15, 0.2) is 65.4 Å². The molecule has 0 bridgehead atoms. The van der Waals surface area contributed by atoms with Crippen LogP contribution in [0.1, 0.15) is 47.7 Å². The Balaban J connectivity index is 1.71. The molecule has 4 nitrogen and oxygen atoms in total. The lowest BCUT2D eigenvalue weighted by Gasteiger charge is -2.15. The standard InChI is InChI=1S/C21H22BrN3O/c1-3-15(2)19-6-4-5-7-20(19)24-21(26)17-10-8-16(9-11-17)13-25-14-18(22)12-23-25/h4-12,14-15H,3,13H2,1-2H3,(H,24,26). The molecule has 134 valence electrons. The predicted molar refractivity (Wildman–Crippen MR) is 109 cm³/mol. The number of amides is 1. The van der Waals surface area contributed by atoms with E-state index < -0.39 is 0 Å². The minimum atomic E-state index is -0.0888. The van der Waals surface area contributed by atoms with Crippen molar-refractivity contribution >= 4 is 27.5 Å². The summed E-state index contributed by atoms with van der Waals surface area (Å²) in [4.78, 5) is 12.6. The van der Waals surface area contributed by atoms with Crippen LogP contribution in [0.25, 0.3) is 0 Å². The first kappa shape index (κ1) is 18.4. The van der Waals surface area contributed by atoms with E-state index in [9.17, 15) is 4.79 Å². The summed E-state index contributed by atoms with van der Waals surface area (Å²) < 4.78 is 2.80. The Morgan fingerprint density at radius 3 is 2.58 bits per heavy atom. The van der Waals surface area contributed by atoms with E-state index in [1.807, 2.05) is 53.3 Å². The average Bonchev–Trinajstić information content (AvgIpc) is 3.07. The lowest BCUT2D eigenvalue weighted by molar-refractivity contribution is 0.102. The van der Waals surface area contributed by atoms with Crippen LogP contribution in [0.3, 0.4) is 0 Å². The van der Waals surface area contributed by atoms with Crippen molar-refractivity contribution in [1.82, 2.24) is 9.78 Å². The van der Waals surface area contributed by atoms with Gasteiger partial charge in [-0.15, -0.1) is 0 Å². The highest BCUT2D eigenvalue weighted by molar-refractivity contribution is 9.10. The SMILES string of the molecule is CCC(C)c1ccccc1NC(=O)c1ccc(Cn2cc(Br)cn2)cc1. The average molecular weight is 412 g/mol. The molecular weight excluding hydrogens is 390 g/mol. The van der Waals surface area contributed by atoms with E-state index in [4.69, 9.17) is 0 Å². The van der Waals surface area contributed by atoms with Gasteiger partial charge in [-0.05, 0) is 57.6 Å². The second-order valence-electron chi connectivity index (χ2n) is 6.40. The van der Waals surface area contributed by atoms with Crippen LogP contribution in [0.4, 0.5) is 5.69 Å². The maximum absolute atomic E-state index is 12.6. The van der Waals surface area contributed by atoms with E-state index >= 15 is 0 Å². The van der Waals surface area contributed by atoms with Crippen LogP contribution in [-0.2, 0) is 6.54 Å². The van der Waals surface area contributed by atoms with Crippen LogP contribution in [0.2, 0.25) is 0 Å². The fourth-order valence-electron chi connectivity index (χ4n) is 2.83. The van der Waals surface area contributed by atoms with Gasteiger partial charge < -0.3 is 5.32 Å². The van der Waals surface area contributed by atoms with Gasteiger partial charge in [0, 0.05) is 17.4 Å². The zero-order valence-electron chi connectivity index (χ0n) is 14.9. The van der Waals surface area contributed by atoms with Crippen molar-refractivity contribution in [3.05, 3.63) is 82.1 Å². The molecule has 0 saturated heterocycles. The molecule has 0 aliphatic carbocycles. The van der Waals surface area contributed by atoms with Crippen molar-refractivity contribution in [3.8, 4) is 0 Å². The number of rotatable bonds is 6. The number of benzene rings is 2. The minimum Gasteiger partial charge on any atom is -0.322 e. The molecule has 1 heterocycles. The number of halogens is 1. The zero-order chi connectivity index (χ0) is 18.5. The highest BCUT2D eigenvalue weighted by atomic mass is 79.9. The summed E-state index contributed by atoms with van der Waals surface area (Å²) in [6.07, 6.45) is 4.72. The van der Waals surface area contributed by atoms with E-state index in [-0.39, 0.29) is 5.91 Å². The third-order valence-electron chi connectivity index (χ3n) is 4.51. The summed E-state index contributed by atoms with van der Waals surface area (Å²) in [6, 6.07) is 15.6. The summed E-state index contributed by atoms with van der Waals surface area (Å²) in [7, 11) is 0. The Labute approximate surface area is 162 Å². The molecule has 26 heavy (non-hydrogen) atoms. The van der Waals surface area contributed by atoms with Gasteiger partial charge in [-0.3, -0.25) is 9.48 Å². The van der Waals surface area contributed by atoms with E-state index in [1.165, 1.54) is 5.56 Å². The molecule has 5 heteroatoms. The van der Waals surface area contributed by atoms with Crippen LogP contribution in [0, 0.1) is 0 Å². The van der Waals surface area contributed by atoms with Gasteiger partial charge in [-0.2, -0.15) is 5.10 Å².